The van der Waals surface area contributed by atoms with E-state index in [0.717, 1.165) is 0 Å². The molecule has 3 N–H and O–H groups in total. The fourth-order valence-corrected chi connectivity index (χ4v) is 3.21. The van der Waals surface area contributed by atoms with Gasteiger partial charge in [-0.2, -0.15) is 0 Å². The number of carbonyl (C=O) groups excluding carboxylic acids is 1. The molecule has 0 spiro atoms. The van der Waals surface area contributed by atoms with Crippen LogP contribution in [0.5, 0.6) is 0 Å². The molecular formula is C15H14ClN5O2S. The van der Waals surface area contributed by atoms with Crippen molar-refractivity contribution in [3.8, 4) is 0 Å². The van der Waals surface area contributed by atoms with Crippen molar-refractivity contribution in [1.82, 2.24) is 19.9 Å². The molecule has 9 heteroatoms. The van der Waals surface area contributed by atoms with Gasteiger partial charge in [0.2, 0.25) is 5.91 Å². The Morgan fingerprint density at radius 1 is 1.46 bits per heavy atom. The van der Waals surface area contributed by atoms with E-state index in [9.17, 15) is 9.59 Å². The molecule has 7 nitrogen and oxygen atoms in total. The minimum absolute atomic E-state index is 0.186. The van der Waals surface area contributed by atoms with Gasteiger partial charge in [-0.15, -0.1) is 0 Å². The van der Waals surface area contributed by atoms with E-state index in [2.05, 4.69) is 25.3 Å². The van der Waals surface area contributed by atoms with Crippen LogP contribution in [-0.4, -0.2) is 31.1 Å². The van der Waals surface area contributed by atoms with E-state index in [-0.39, 0.29) is 11.5 Å². The summed E-state index contributed by atoms with van der Waals surface area (Å²) >= 11 is 7.10. The highest BCUT2D eigenvalue weighted by atomic mass is 35.5. The van der Waals surface area contributed by atoms with E-state index in [1.807, 2.05) is 6.92 Å². The first-order valence-corrected chi connectivity index (χ1v) is 8.49. The molecule has 2 heterocycles. The van der Waals surface area contributed by atoms with Gasteiger partial charge in [0.15, 0.2) is 16.3 Å². The standard InChI is InChI=1S/C15H14ClN5O2S/c1-2-10(13(22)19-9-5-3-4-8(16)6-9)24-15-20-12-11(14(23)21-15)17-7-18-12/h3-7,10H,2H2,1H3,(H,19,22)(H2,17,18,20,21,23). The number of hydrogen-bond donors (Lipinski definition) is 3. The SMILES string of the molecule is CCC(Sc1nc2nc[nH]c2c(=O)[nH]1)C(=O)Nc1cccc(Cl)c1. The fourth-order valence-electron chi connectivity index (χ4n) is 2.12. The molecule has 0 saturated carbocycles. The number of fused-ring (bicyclic) bond motifs is 1. The number of hydrogen-bond acceptors (Lipinski definition) is 5. The Morgan fingerprint density at radius 2 is 2.29 bits per heavy atom. The molecule has 1 unspecified atom stereocenters. The number of thioether (sulfide) groups is 1. The molecule has 3 aromatic rings. The molecule has 1 aromatic carbocycles. The lowest BCUT2D eigenvalue weighted by atomic mass is 10.3. The fraction of sp³-hybridized carbons (Fsp3) is 0.200. The van der Waals surface area contributed by atoms with E-state index in [0.29, 0.717) is 33.5 Å². The number of halogens is 1. The second kappa shape index (κ2) is 7.06. The van der Waals surface area contributed by atoms with Crippen LogP contribution < -0.4 is 10.9 Å². The third-order valence-electron chi connectivity index (χ3n) is 3.28. The van der Waals surface area contributed by atoms with E-state index in [1.54, 1.807) is 24.3 Å². The van der Waals surface area contributed by atoms with E-state index >= 15 is 0 Å². The molecule has 0 aliphatic rings. The predicted molar refractivity (Wildman–Crippen MR) is 94.5 cm³/mol. The maximum atomic E-state index is 12.4. The van der Waals surface area contributed by atoms with Gasteiger partial charge in [0, 0.05) is 10.7 Å². The van der Waals surface area contributed by atoms with Crippen molar-refractivity contribution in [3.05, 3.63) is 46.0 Å². The molecule has 0 saturated heterocycles. The lowest BCUT2D eigenvalue weighted by Crippen LogP contribution is -2.25. The topological polar surface area (TPSA) is 104 Å². The smallest absolute Gasteiger partial charge is 0.277 e. The quantitative estimate of drug-likeness (QED) is 0.477. The minimum Gasteiger partial charge on any atom is -0.339 e. The Balaban J connectivity index is 1.77. The van der Waals surface area contributed by atoms with Gasteiger partial charge < -0.3 is 10.3 Å². The summed E-state index contributed by atoms with van der Waals surface area (Å²) in [6, 6.07) is 6.93. The molecule has 0 radical (unpaired) electrons. The first-order valence-electron chi connectivity index (χ1n) is 7.23. The summed E-state index contributed by atoms with van der Waals surface area (Å²) in [5, 5.41) is 3.30. The largest absolute Gasteiger partial charge is 0.339 e. The van der Waals surface area contributed by atoms with Crippen molar-refractivity contribution in [1.29, 1.82) is 0 Å². The Labute approximate surface area is 146 Å². The first-order chi connectivity index (χ1) is 11.6. The van der Waals surface area contributed by atoms with Crippen LogP contribution in [0.2, 0.25) is 5.02 Å². The van der Waals surface area contributed by atoms with Gasteiger partial charge in [0.05, 0.1) is 11.6 Å². The van der Waals surface area contributed by atoms with Crippen molar-refractivity contribution in [2.75, 3.05) is 5.32 Å². The second-order valence-corrected chi connectivity index (χ2v) is 6.61. The zero-order valence-electron chi connectivity index (χ0n) is 12.7. The average Bonchev–Trinajstić information content (AvgIpc) is 3.01. The number of nitrogens with one attached hydrogen (secondary N) is 3. The van der Waals surface area contributed by atoms with Crippen molar-refractivity contribution in [3.63, 3.8) is 0 Å². The third-order valence-corrected chi connectivity index (χ3v) is 4.77. The van der Waals surface area contributed by atoms with Crippen LogP contribution in [0.4, 0.5) is 5.69 Å². The maximum Gasteiger partial charge on any atom is 0.277 e. The van der Waals surface area contributed by atoms with Crippen molar-refractivity contribution in [2.24, 2.45) is 0 Å². The lowest BCUT2D eigenvalue weighted by molar-refractivity contribution is -0.115. The Bertz CT molecular complexity index is 939. The number of aromatic amines is 2. The molecular weight excluding hydrogens is 350 g/mol. The minimum atomic E-state index is -0.413. The lowest BCUT2D eigenvalue weighted by Gasteiger charge is -2.14. The number of H-pyrrole nitrogens is 2. The molecule has 1 amide bonds. The highest BCUT2D eigenvalue weighted by Crippen LogP contribution is 2.24. The van der Waals surface area contributed by atoms with Crippen LogP contribution in [0, 0.1) is 0 Å². The summed E-state index contributed by atoms with van der Waals surface area (Å²) in [5.41, 5.74) is 0.947. The molecule has 1 atom stereocenters. The third kappa shape index (κ3) is 3.60. The van der Waals surface area contributed by atoms with Gasteiger partial charge in [-0.05, 0) is 24.6 Å². The molecule has 0 aliphatic carbocycles. The normalized spacial score (nSPS) is 12.2. The number of carbonyl (C=O) groups is 1. The summed E-state index contributed by atoms with van der Waals surface area (Å²) < 4.78 is 0. The zero-order chi connectivity index (χ0) is 17.1. The number of imidazole rings is 1. The molecule has 24 heavy (non-hydrogen) atoms. The number of nitrogens with zero attached hydrogens (tertiary/aromatic N) is 2. The van der Waals surface area contributed by atoms with Crippen LogP contribution in [-0.2, 0) is 4.79 Å². The van der Waals surface area contributed by atoms with Crippen LogP contribution in [0.3, 0.4) is 0 Å². The highest BCUT2D eigenvalue weighted by Gasteiger charge is 2.20. The van der Waals surface area contributed by atoms with Gasteiger partial charge in [-0.3, -0.25) is 14.6 Å². The summed E-state index contributed by atoms with van der Waals surface area (Å²) in [4.78, 5) is 38.0. The van der Waals surface area contributed by atoms with Crippen LogP contribution in [0.1, 0.15) is 13.3 Å². The van der Waals surface area contributed by atoms with Crippen LogP contribution >= 0.6 is 23.4 Å². The number of aromatic nitrogens is 4. The molecule has 124 valence electrons. The average molecular weight is 364 g/mol. The second-order valence-electron chi connectivity index (χ2n) is 4.99. The van der Waals surface area contributed by atoms with Gasteiger partial charge in [0.1, 0.15) is 0 Å². The summed E-state index contributed by atoms with van der Waals surface area (Å²) in [6.07, 6.45) is 1.98. The Kier molecular flexibility index (Phi) is 4.86. The number of rotatable bonds is 5. The summed E-state index contributed by atoms with van der Waals surface area (Å²) in [5.74, 6) is -0.186. The Hall–Kier alpha value is -2.32. The van der Waals surface area contributed by atoms with Crippen LogP contribution in [0.25, 0.3) is 11.2 Å². The number of benzene rings is 1. The van der Waals surface area contributed by atoms with Crippen molar-refractivity contribution >= 4 is 46.1 Å². The van der Waals surface area contributed by atoms with Gasteiger partial charge in [-0.25, -0.2) is 9.97 Å². The van der Waals surface area contributed by atoms with Crippen molar-refractivity contribution in [2.45, 2.75) is 23.8 Å². The number of amides is 1. The van der Waals surface area contributed by atoms with E-state index in [4.69, 9.17) is 11.6 Å². The summed E-state index contributed by atoms with van der Waals surface area (Å²) in [7, 11) is 0. The maximum absolute atomic E-state index is 12.4. The van der Waals surface area contributed by atoms with Crippen molar-refractivity contribution < 1.29 is 4.79 Å². The highest BCUT2D eigenvalue weighted by molar-refractivity contribution is 8.00. The van der Waals surface area contributed by atoms with Gasteiger partial charge in [0.25, 0.3) is 5.56 Å². The predicted octanol–water partition coefficient (Wildman–Crippen LogP) is 2.81. The van der Waals surface area contributed by atoms with Gasteiger partial charge in [-0.1, -0.05) is 36.4 Å². The Morgan fingerprint density at radius 3 is 3.04 bits per heavy atom. The van der Waals surface area contributed by atoms with E-state index in [1.165, 1.54) is 18.1 Å². The number of anilines is 1. The summed E-state index contributed by atoms with van der Waals surface area (Å²) in [6.45, 7) is 1.89. The van der Waals surface area contributed by atoms with Crippen LogP contribution in [0.15, 0.2) is 40.5 Å². The molecule has 0 fully saturated rings. The monoisotopic (exact) mass is 363 g/mol. The first kappa shape index (κ1) is 16.5. The molecule has 0 bridgehead atoms. The molecule has 3 rings (SSSR count). The van der Waals surface area contributed by atoms with E-state index < -0.39 is 5.25 Å². The molecule has 0 aliphatic heterocycles. The van der Waals surface area contributed by atoms with Gasteiger partial charge >= 0.3 is 0 Å². The zero-order valence-corrected chi connectivity index (χ0v) is 14.2. The molecule has 2 aromatic heterocycles.